The van der Waals surface area contributed by atoms with Crippen LogP contribution in [0.5, 0.6) is 0 Å². The van der Waals surface area contributed by atoms with Gasteiger partial charge in [-0.3, -0.25) is 0 Å². The Kier molecular flexibility index (Phi) is 2.68. The summed E-state index contributed by atoms with van der Waals surface area (Å²) in [6, 6.07) is 1.97. The van der Waals surface area contributed by atoms with E-state index in [1.807, 2.05) is 26.8 Å². The van der Waals surface area contributed by atoms with Crippen molar-refractivity contribution in [1.29, 1.82) is 0 Å². The molecule has 0 fully saturated rings. The maximum Gasteiger partial charge on any atom is 0.178 e. The van der Waals surface area contributed by atoms with Gasteiger partial charge in [0.05, 0.1) is 11.6 Å². The monoisotopic (exact) mass is 205 g/mol. The third kappa shape index (κ3) is 2.15. The van der Waals surface area contributed by atoms with E-state index in [0.717, 1.165) is 22.6 Å². The highest BCUT2D eigenvalue weighted by atomic mass is 16.5. The molecule has 2 rings (SSSR count). The van der Waals surface area contributed by atoms with Crippen LogP contribution in [0.4, 0.5) is 0 Å². The van der Waals surface area contributed by atoms with Crippen LogP contribution in [0.2, 0.25) is 0 Å². The SMILES string of the molecule is Cc1ccnc2nc(COC(C)C)[nH]c12. The molecule has 2 aromatic heterocycles. The Morgan fingerprint density at radius 3 is 2.93 bits per heavy atom. The lowest BCUT2D eigenvalue weighted by atomic mass is 10.3. The van der Waals surface area contributed by atoms with Gasteiger partial charge in [0, 0.05) is 6.20 Å². The van der Waals surface area contributed by atoms with Gasteiger partial charge in [-0.2, -0.15) is 0 Å². The zero-order chi connectivity index (χ0) is 10.8. The van der Waals surface area contributed by atoms with E-state index in [9.17, 15) is 0 Å². The average Bonchev–Trinajstić information content (AvgIpc) is 2.59. The van der Waals surface area contributed by atoms with Crippen LogP contribution in [0, 0.1) is 6.92 Å². The molecule has 0 aromatic carbocycles. The normalized spacial score (nSPS) is 11.5. The fraction of sp³-hybridized carbons (Fsp3) is 0.455. The molecule has 0 unspecified atom stereocenters. The standard InChI is InChI=1S/C11H15N3O/c1-7(2)15-6-9-13-10-8(3)4-5-12-11(10)14-9/h4-5,7H,6H2,1-3H3,(H,12,13,14). The Balaban J connectivity index is 2.27. The largest absolute Gasteiger partial charge is 0.371 e. The molecule has 0 spiro atoms. The first-order valence-corrected chi connectivity index (χ1v) is 5.08. The molecule has 0 saturated carbocycles. The maximum absolute atomic E-state index is 5.48. The minimum atomic E-state index is 0.215. The van der Waals surface area contributed by atoms with Gasteiger partial charge in [0.15, 0.2) is 5.65 Å². The molecule has 4 nitrogen and oxygen atoms in total. The summed E-state index contributed by atoms with van der Waals surface area (Å²) in [5.74, 6) is 0.834. The van der Waals surface area contributed by atoms with E-state index in [2.05, 4.69) is 15.0 Å². The van der Waals surface area contributed by atoms with Gasteiger partial charge in [-0.05, 0) is 32.4 Å². The first-order valence-electron chi connectivity index (χ1n) is 5.08. The molecule has 1 N–H and O–H groups in total. The molecule has 0 atom stereocenters. The van der Waals surface area contributed by atoms with Crippen LogP contribution in [0.15, 0.2) is 12.3 Å². The molecule has 2 aromatic rings. The number of aromatic amines is 1. The first kappa shape index (κ1) is 10.1. The average molecular weight is 205 g/mol. The zero-order valence-corrected chi connectivity index (χ0v) is 9.24. The fourth-order valence-corrected chi connectivity index (χ4v) is 1.40. The smallest absolute Gasteiger partial charge is 0.178 e. The van der Waals surface area contributed by atoms with Crippen molar-refractivity contribution in [2.45, 2.75) is 33.5 Å². The van der Waals surface area contributed by atoms with Crippen LogP contribution >= 0.6 is 0 Å². The highest BCUT2D eigenvalue weighted by Crippen LogP contribution is 2.13. The predicted molar refractivity (Wildman–Crippen MR) is 58.6 cm³/mol. The number of aromatic nitrogens is 3. The Bertz CT molecular complexity index is 462. The lowest BCUT2D eigenvalue weighted by Crippen LogP contribution is -2.03. The lowest BCUT2D eigenvalue weighted by Gasteiger charge is -2.03. The molecule has 2 heterocycles. The van der Waals surface area contributed by atoms with Crippen LogP contribution in [0.25, 0.3) is 11.2 Å². The Labute approximate surface area is 88.7 Å². The van der Waals surface area contributed by atoms with Crippen molar-refractivity contribution in [2.75, 3.05) is 0 Å². The molecule has 0 aliphatic rings. The quantitative estimate of drug-likeness (QED) is 0.835. The van der Waals surface area contributed by atoms with E-state index in [1.54, 1.807) is 6.20 Å². The van der Waals surface area contributed by atoms with E-state index in [4.69, 9.17) is 4.74 Å². The van der Waals surface area contributed by atoms with Gasteiger partial charge < -0.3 is 9.72 Å². The molecule has 0 aliphatic carbocycles. The number of imidazole rings is 1. The van der Waals surface area contributed by atoms with Gasteiger partial charge in [-0.15, -0.1) is 0 Å². The van der Waals surface area contributed by atoms with Crippen molar-refractivity contribution >= 4 is 11.2 Å². The topological polar surface area (TPSA) is 50.8 Å². The van der Waals surface area contributed by atoms with Gasteiger partial charge >= 0.3 is 0 Å². The Morgan fingerprint density at radius 1 is 1.47 bits per heavy atom. The van der Waals surface area contributed by atoms with E-state index < -0.39 is 0 Å². The highest BCUT2D eigenvalue weighted by Gasteiger charge is 2.06. The number of pyridine rings is 1. The Hall–Kier alpha value is -1.42. The number of aryl methyl sites for hydroxylation is 1. The van der Waals surface area contributed by atoms with Gasteiger partial charge in [0.1, 0.15) is 12.4 Å². The van der Waals surface area contributed by atoms with E-state index in [1.165, 1.54) is 0 Å². The summed E-state index contributed by atoms with van der Waals surface area (Å²) in [4.78, 5) is 11.8. The summed E-state index contributed by atoms with van der Waals surface area (Å²) in [6.07, 6.45) is 1.98. The summed E-state index contributed by atoms with van der Waals surface area (Å²) >= 11 is 0. The minimum absolute atomic E-state index is 0.215. The maximum atomic E-state index is 5.48. The van der Waals surface area contributed by atoms with Crippen LogP contribution in [-0.4, -0.2) is 21.1 Å². The van der Waals surface area contributed by atoms with Crippen molar-refractivity contribution in [2.24, 2.45) is 0 Å². The number of hydrogen-bond donors (Lipinski definition) is 1. The lowest BCUT2D eigenvalue weighted by molar-refractivity contribution is 0.0618. The number of H-pyrrole nitrogens is 1. The molecule has 15 heavy (non-hydrogen) atoms. The third-order valence-corrected chi connectivity index (χ3v) is 2.20. The van der Waals surface area contributed by atoms with Crippen LogP contribution in [-0.2, 0) is 11.3 Å². The second kappa shape index (κ2) is 3.98. The summed E-state index contributed by atoms with van der Waals surface area (Å²) in [5.41, 5.74) is 2.92. The first-order chi connectivity index (χ1) is 7.16. The van der Waals surface area contributed by atoms with E-state index >= 15 is 0 Å². The summed E-state index contributed by atoms with van der Waals surface area (Å²) in [6.45, 7) is 6.56. The number of nitrogens with zero attached hydrogens (tertiary/aromatic N) is 2. The van der Waals surface area contributed by atoms with Crippen molar-refractivity contribution in [3.63, 3.8) is 0 Å². The second-order valence-electron chi connectivity index (χ2n) is 3.87. The minimum Gasteiger partial charge on any atom is -0.371 e. The molecule has 0 saturated heterocycles. The summed E-state index contributed by atoms with van der Waals surface area (Å²) in [7, 11) is 0. The molecule has 0 radical (unpaired) electrons. The molecular weight excluding hydrogens is 190 g/mol. The number of ether oxygens (including phenoxy) is 1. The van der Waals surface area contributed by atoms with Crippen molar-refractivity contribution in [3.05, 3.63) is 23.7 Å². The number of nitrogens with one attached hydrogen (secondary N) is 1. The second-order valence-corrected chi connectivity index (χ2v) is 3.87. The van der Waals surface area contributed by atoms with Gasteiger partial charge in [-0.1, -0.05) is 0 Å². The summed E-state index contributed by atoms with van der Waals surface area (Å²) in [5, 5.41) is 0. The van der Waals surface area contributed by atoms with E-state index in [0.29, 0.717) is 6.61 Å². The van der Waals surface area contributed by atoms with Crippen molar-refractivity contribution < 1.29 is 4.74 Å². The number of fused-ring (bicyclic) bond motifs is 1. The molecule has 0 aliphatic heterocycles. The Morgan fingerprint density at radius 2 is 2.27 bits per heavy atom. The van der Waals surface area contributed by atoms with Gasteiger partial charge in [-0.25, -0.2) is 9.97 Å². The number of rotatable bonds is 3. The van der Waals surface area contributed by atoms with Gasteiger partial charge in [0.25, 0.3) is 0 Å². The van der Waals surface area contributed by atoms with E-state index in [-0.39, 0.29) is 6.10 Å². The predicted octanol–water partition coefficient (Wildman–Crippen LogP) is 2.19. The molecule has 0 amide bonds. The van der Waals surface area contributed by atoms with Crippen LogP contribution < -0.4 is 0 Å². The van der Waals surface area contributed by atoms with Crippen LogP contribution in [0.3, 0.4) is 0 Å². The van der Waals surface area contributed by atoms with Crippen LogP contribution in [0.1, 0.15) is 25.2 Å². The molecular formula is C11H15N3O. The molecule has 0 bridgehead atoms. The highest BCUT2D eigenvalue weighted by molar-refractivity contribution is 5.74. The zero-order valence-electron chi connectivity index (χ0n) is 9.24. The summed E-state index contributed by atoms with van der Waals surface area (Å²) < 4.78 is 5.48. The van der Waals surface area contributed by atoms with Crippen molar-refractivity contribution in [1.82, 2.24) is 15.0 Å². The molecule has 80 valence electrons. The third-order valence-electron chi connectivity index (χ3n) is 2.20. The fourth-order valence-electron chi connectivity index (χ4n) is 1.40. The van der Waals surface area contributed by atoms with Gasteiger partial charge in [0.2, 0.25) is 0 Å². The van der Waals surface area contributed by atoms with Crippen molar-refractivity contribution in [3.8, 4) is 0 Å². The molecule has 4 heteroatoms. The number of hydrogen-bond acceptors (Lipinski definition) is 3.